The van der Waals surface area contributed by atoms with Crippen LogP contribution in [0.4, 0.5) is 22.0 Å². The first kappa shape index (κ1) is 15.4. The van der Waals surface area contributed by atoms with Crippen molar-refractivity contribution in [3.8, 4) is 0 Å². The predicted octanol–water partition coefficient (Wildman–Crippen LogP) is 4.23. The Morgan fingerprint density at radius 2 is 1.48 bits per heavy atom. The number of halogens is 5. The molecule has 0 spiro atoms. The lowest BCUT2D eigenvalue weighted by atomic mass is 9.95. The molecule has 1 unspecified atom stereocenters. The molecule has 0 amide bonds. The van der Waals surface area contributed by atoms with Gasteiger partial charge in [-0.3, -0.25) is 0 Å². The topological polar surface area (TPSA) is 26.0 Å². The SMILES string of the molecule is NC(Cc1ccc(F)cc1)c1cc(F)ccc1C(F)(F)F. The average molecular weight is 301 g/mol. The first-order valence-corrected chi connectivity index (χ1v) is 6.14. The highest BCUT2D eigenvalue weighted by molar-refractivity contribution is 5.34. The van der Waals surface area contributed by atoms with Gasteiger partial charge in [0.25, 0.3) is 0 Å². The summed E-state index contributed by atoms with van der Waals surface area (Å²) in [6, 6.07) is 6.42. The fourth-order valence-electron chi connectivity index (χ4n) is 2.08. The van der Waals surface area contributed by atoms with Crippen LogP contribution in [-0.4, -0.2) is 0 Å². The van der Waals surface area contributed by atoms with Crippen molar-refractivity contribution in [2.75, 3.05) is 0 Å². The van der Waals surface area contributed by atoms with Crippen LogP contribution in [0.5, 0.6) is 0 Å². The van der Waals surface area contributed by atoms with Crippen molar-refractivity contribution in [3.05, 3.63) is 70.8 Å². The van der Waals surface area contributed by atoms with Crippen molar-refractivity contribution in [1.29, 1.82) is 0 Å². The predicted molar refractivity (Wildman–Crippen MR) is 68.4 cm³/mol. The van der Waals surface area contributed by atoms with Gasteiger partial charge < -0.3 is 5.73 Å². The molecule has 0 heterocycles. The van der Waals surface area contributed by atoms with Gasteiger partial charge in [0.05, 0.1) is 5.56 Å². The maximum absolute atomic E-state index is 13.2. The van der Waals surface area contributed by atoms with Crippen molar-refractivity contribution in [2.24, 2.45) is 5.73 Å². The number of alkyl halides is 3. The highest BCUT2D eigenvalue weighted by atomic mass is 19.4. The summed E-state index contributed by atoms with van der Waals surface area (Å²) in [5.74, 6) is -1.23. The minimum atomic E-state index is -4.61. The summed E-state index contributed by atoms with van der Waals surface area (Å²) in [4.78, 5) is 0. The highest BCUT2D eigenvalue weighted by Gasteiger charge is 2.34. The molecule has 6 heteroatoms. The zero-order valence-electron chi connectivity index (χ0n) is 10.8. The molecule has 112 valence electrons. The van der Waals surface area contributed by atoms with E-state index in [1.807, 2.05) is 0 Å². The summed E-state index contributed by atoms with van der Waals surface area (Å²) in [5, 5.41) is 0. The van der Waals surface area contributed by atoms with Gasteiger partial charge in [0.1, 0.15) is 11.6 Å². The minimum Gasteiger partial charge on any atom is -0.324 e. The molecule has 2 aromatic carbocycles. The quantitative estimate of drug-likeness (QED) is 0.844. The van der Waals surface area contributed by atoms with Gasteiger partial charge in [-0.15, -0.1) is 0 Å². The normalized spacial score (nSPS) is 13.2. The molecule has 1 nitrogen and oxygen atoms in total. The third-order valence-corrected chi connectivity index (χ3v) is 3.09. The van der Waals surface area contributed by atoms with Crippen LogP contribution in [0.3, 0.4) is 0 Å². The van der Waals surface area contributed by atoms with E-state index in [9.17, 15) is 22.0 Å². The van der Waals surface area contributed by atoms with Gasteiger partial charge in [-0.1, -0.05) is 12.1 Å². The molecule has 2 rings (SSSR count). The lowest BCUT2D eigenvalue weighted by Crippen LogP contribution is -2.19. The zero-order valence-corrected chi connectivity index (χ0v) is 10.8. The summed E-state index contributed by atoms with van der Waals surface area (Å²) in [7, 11) is 0. The molecule has 2 aromatic rings. The van der Waals surface area contributed by atoms with Crippen molar-refractivity contribution in [3.63, 3.8) is 0 Å². The van der Waals surface area contributed by atoms with Gasteiger partial charge in [0.15, 0.2) is 0 Å². The molecular formula is C15H12F5N. The summed E-state index contributed by atoms with van der Waals surface area (Å²) >= 11 is 0. The average Bonchev–Trinajstić information content (AvgIpc) is 2.40. The fourth-order valence-corrected chi connectivity index (χ4v) is 2.08. The van der Waals surface area contributed by atoms with Crippen LogP contribution in [0.25, 0.3) is 0 Å². The molecule has 0 radical (unpaired) electrons. The smallest absolute Gasteiger partial charge is 0.324 e. The van der Waals surface area contributed by atoms with Crippen LogP contribution in [0.2, 0.25) is 0 Å². The molecule has 0 aliphatic carbocycles. The van der Waals surface area contributed by atoms with Gasteiger partial charge in [0.2, 0.25) is 0 Å². The Bertz CT molecular complexity index is 619. The number of hydrogen-bond donors (Lipinski definition) is 1. The lowest BCUT2D eigenvalue weighted by molar-refractivity contribution is -0.138. The van der Waals surface area contributed by atoms with Gasteiger partial charge in [-0.2, -0.15) is 13.2 Å². The molecule has 2 N–H and O–H groups in total. The summed E-state index contributed by atoms with van der Waals surface area (Å²) < 4.78 is 64.7. The minimum absolute atomic E-state index is 0.0484. The highest BCUT2D eigenvalue weighted by Crippen LogP contribution is 2.35. The molecule has 0 fully saturated rings. The standard InChI is InChI=1S/C15H12F5N/c16-10-3-1-9(2-4-10)7-14(21)12-8-11(17)5-6-13(12)15(18,19)20/h1-6,8,14H,7,21H2. The Balaban J connectivity index is 2.32. The van der Waals surface area contributed by atoms with E-state index in [4.69, 9.17) is 5.73 Å². The van der Waals surface area contributed by atoms with Crippen LogP contribution < -0.4 is 5.73 Å². The summed E-state index contributed by atoms with van der Waals surface area (Å²) in [5.41, 5.74) is 5.07. The Hall–Kier alpha value is -1.95. The number of hydrogen-bond acceptors (Lipinski definition) is 1. The van der Waals surface area contributed by atoms with Gasteiger partial charge in [-0.25, -0.2) is 8.78 Å². The summed E-state index contributed by atoms with van der Waals surface area (Å²) in [6.07, 6.45) is -4.56. The maximum atomic E-state index is 13.2. The van der Waals surface area contributed by atoms with Crippen molar-refractivity contribution in [1.82, 2.24) is 0 Å². The zero-order chi connectivity index (χ0) is 15.6. The fraction of sp³-hybridized carbons (Fsp3) is 0.200. The van der Waals surface area contributed by atoms with Crippen molar-refractivity contribution >= 4 is 0 Å². The third kappa shape index (κ3) is 3.78. The number of nitrogens with two attached hydrogens (primary N) is 1. The second-order valence-corrected chi connectivity index (χ2v) is 4.67. The Labute approximate surface area is 118 Å². The number of benzene rings is 2. The molecule has 0 aromatic heterocycles. The van der Waals surface area contributed by atoms with Crippen LogP contribution in [0.15, 0.2) is 42.5 Å². The second kappa shape index (κ2) is 5.81. The molecule has 1 atom stereocenters. The molecule has 0 aliphatic heterocycles. The molecule has 0 bridgehead atoms. The number of rotatable bonds is 3. The maximum Gasteiger partial charge on any atom is 0.416 e. The van der Waals surface area contributed by atoms with E-state index in [0.717, 1.165) is 12.1 Å². The monoisotopic (exact) mass is 301 g/mol. The Morgan fingerprint density at radius 3 is 2.05 bits per heavy atom. The molecular weight excluding hydrogens is 289 g/mol. The first-order valence-electron chi connectivity index (χ1n) is 6.14. The van der Waals surface area contributed by atoms with Gasteiger partial charge >= 0.3 is 6.18 Å². The molecule has 0 saturated heterocycles. The van der Waals surface area contributed by atoms with E-state index < -0.39 is 29.4 Å². The van der Waals surface area contributed by atoms with E-state index >= 15 is 0 Å². The Morgan fingerprint density at radius 1 is 0.905 bits per heavy atom. The van der Waals surface area contributed by atoms with Gasteiger partial charge in [-0.05, 0) is 47.9 Å². The Kier molecular flexibility index (Phi) is 4.27. The first-order chi connectivity index (χ1) is 9.77. The van der Waals surface area contributed by atoms with E-state index in [-0.39, 0.29) is 12.0 Å². The van der Waals surface area contributed by atoms with E-state index in [1.165, 1.54) is 24.3 Å². The van der Waals surface area contributed by atoms with Crippen LogP contribution in [0, 0.1) is 11.6 Å². The van der Waals surface area contributed by atoms with Crippen LogP contribution >= 0.6 is 0 Å². The summed E-state index contributed by atoms with van der Waals surface area (Å²) in [6.45, 7) is 0. The van der Waals surface area contributed by atoms with Crippen LogP contribution in [-0.2, 0) is 12.6 Å². The van der Waals surface area contributed by atoms with E-state index in [2.05, 4.69) is 0 Å². The van der Waals surface area contributed by atoms with E-state index in [1.54, 1.807) is 0 Å². The molecule has 21 heavy (non-hydrogen) atoms. The van der Waals surface area contributed by atoms with Crippen LogP contribution in [0.1, 0.15) is 22.7 Å². The molecule has 0 saturated carbocycles. The molecule has 0 aliphatic rings. The van der Waals surface area contributed by atoms with E-state index in [0.29, 0.717) is 11.6 Å². The largest absolute Gasteiger partial charge is 0.416 e. The third-order valence-electron chi connectivity index (χ3n) is 3.09. The lowest BCUT2D eigenvalue weighted by Gasteiger charge is -2.18. The van der Waals surface area contributed by atoms with Gasteiger partial charge in [0, 0.05) is 6.04 Å². The van der Waals surface area contributed by atoms with Crippen molar-refractivity contribution < 1.29 is 22.0 Å². The second-order valence-electron chi connectivity index (χ2n) is 4.67. The van der Waals surface area contributed by atoms with Crippen molar-refractivity contribution in [2.45, 2.75) is 18.6 Å².